The molecule has 0 N–H and O–H groups in total. The van der Waals surface area contributed by atoms with Crippen molar-refractivity contribution >= 4 is 18.5 Å². The van der Waals surface area contributed by atoms with Gasteiger partial charge < -0.3 is 0 Å². The molecule has 2 heteroatoms. The summed E-state index contributed by atoms with van der Waals surface area (Å²) >= 11 is 5.93. The van der Waals surface area contributed by atoms with Crippen molar-refractivity contribution in [3.05, 3.63) is 0 Å². The molecule has 7 heavy (non-hydrogen) atoms. The van der Waals surface area contributed by atoms with Crippen LogP contribution < -0.4 is 0 Å². The molecule has 1 rings (SSSR count). The molecular weight excluding hydrogens is 126 g/mol. The van der Waals surface area contributed by atoms with Gasteiger partial charge in [0.2, 0.25) is 0 Å². The Morgan fingerprint density at radius 3 is 2.57 bits per heavy atom. The highest BCUT2D eigenvalue weighted by molar-refractivity contribution is 7.84. The Morgan fingerprint density at radius 2 is 2.43 bits per heavy atom. The van der Waals surface area contributed by atoms with Gasteiger partial charge in [0.15, 0.2) is 0 Å². The predicted molar refractivity (Wildman–Crippen MR) is 36.3 cm³/mol. The number of rotatable bonds is 0. The molecule has 0 aromatic carbocycles. The third-order valence-electron chi connectivity index (χ3n) is 1.47. The zero-order valence-electron chi connectivity index (χ0n) is 4.52. The summed E-state index contributed by atoms with van der Waals surface area (Å²) in [4.78, 5) is 0. The van der Waals surface area contributed by atoms with Gasteiger partial charge in [-0.2, -0.15) is 0 Å². The number of hydrogen-bond donors (Lipinski definition) is 0. The quantitative estimate of drug-likeness (QED) is 0.449. The van der Waals surface area contributed by atoms with E-state index < -0.39 is 0 Å². The van der Waals surface area contributed by atoms with Gasteiger partial charge in [0.25, 0.3) is 0 Å². The average Bonchev–Trinajstić information content (AvgIpc) is 1.91. The first-order chi connectivity index (χ1) is 3.30. The molecule has 1 aliphatic heterocycles. The fourth-order valence-corrected chi connectivity index (χ4v) is 2.94. The van der Waals surface area contributed by atoms with Gasteiger partial charge in [0, 0.05) is 0 Å². The molecule has 1 saturated heterocycles. The Balaban J connectivity index is 2.33. The fraction of sp³-hybridized carbons (Fsp3) is 1.00. The molecule has 1 unspecified atom stereocenters. The molecule has 0 aromatic heterocycles. The standard InChI is InChI=1S/C5H10ClP/c1-5-3-2-4-7(5)6/h5H,2-4H2,1H3/t5-,7?/m1/s1. The smallest absolute Gasteiger partial charge is 0.00684 e. The van der Waals surface area contributed by atoms with Gasteiger partial charge in [0.05, 0.1) is 0 Å². The molecule has 1 fully saturated rings. The first-order valence-corrected chi connectivity index (χ1v) is 5.23. The highest BCUT2D eigenvalue weighted by Crippen LogP contribution is 2.53. The van der Waals surface area contributed by atoms with Crippen molar-refractivity contribution in [2.24, 2.45) is 0 Å². The Morgan fingerprint density at radius 1 is 1.71 bits per heavy atom. The Bertz CT molecular complexity index is 57.1. The summed E-state index contributed by atoms with van der Waals surface area (Å²) in [6.45, 7) is 2.26. The Labute approximate surface area is 50.8 Å². The molecule has 0 aromatic rings. The second-order valence-electron chi connectivity index (χ2n) is 2.11. The third-order valence-corrected chi connectivity index (χ3v) is 4.94. The molecule has 1 aliphatic rings. The van der Waals surface area contributed by atoms with Crippen molar-refractivity contribution in [2.45, 2.75) is 25.4 Å². The first-order valence-electron chi connectivity index (χ1n) is 2.73. The molecule has 0 aliphatic carbocycles. The molecule has 1 heterocycles. The van der Waals surface area contributed by atoms with Gasteiger partial charge in [-0.1, -0.05) is 18.2 Å². The van der Waals surface area contributed by atoms with Gasteiger partial charge in [-0.3, -0.25) is 0 Å². The van der Waals surface area contributed by atoms with E-state index >= 15 is 0 Å². The summed E-state index contributed by atoms with van der Waals surface area (Å²) < 4.78 is 0. The van der Waals surface area contributed by atoms with Crippen LogP contribution in [0.1, 0.15) is 19.8 Å². The molecular formula is C5H10ClP. The lowest BCUT2D eigenvalue weighted by Gasteiger charge is -2.02. The van der Waals surface area contributed by atoms with Crippen LogP contribution in [-0.2, 0) is 0 Å². The van der Waals surface area contributed by atoms with E-state index in [9.17, 15) is 0 Å². The van der Waals surface area contributed by atoms with E-state index in [2.05, 4.69) is 6.92 Å². The van der Waals surface area contributed by atoms with Gasteiger partial charge in [-0.15, -0.1) is 0 Å². The summed E-state index contributed by atoms with van der Waals surface area (Å²) in [6, 6.07) is 0. The number of hydrogen-bond acceptors (Lipinski definition) is 0. The van der Waals surface area contributed by atoms with E-state index in [1.165, 1.54) is 19.0 Å². The van der Waals surface area contributed by atoms with E-state index in [0.29, 0.717) is 0 Å². The minimum Gasteiger partial charge on any atom is -0.0961 e. The molecule has 0 saturated carbocycles. The van der Waals surface area contributed by atoms with E-state index in [-0.39, 0.29) is 7.27 Å². The van der Waals surface area contributed by atoms with E-state index in [1.807, 2.05) is 0 Å². The normalized spacial score (nSPS) is 42.0. The van der Waals surface area contributed by atoms with Crippen molar-refractivity contribution in [1.29, 1.82) is 0 Å². The van der Waals surface area contributed by atoms with Gasteiger partial charge in [0.1, 0.15) is 0 Å². The fourth-order valence-electron chi connectivity index (χ4n) is 0.898. The van der Waals surface area contributed by atoms with Gasteiger partial charge in [-0.25, -0.2) is 0 Å². The Hall–Kier alpha value is 0.720. The zero-order chi connectivity index (χ0) is 5.28. The topological polar surface area (TPSA) is 0 Å². The van der Waals surface area contributed by atoms with Crippen molar-refractivity contribution in [3.63, 3.8) is 0 Å². The molecule has 2 atom stereocenters. The van der Waals surface area contributed by atoms with Crippen LogP contribution >= 0.6 is 18.5 Å². The lowest BCUT2D eigenvalue weighted by molar-refractivity contribution is 0.836. The van der Waals surface area contributed by atoms with E-state index in [4.69, 9.17) is 11.2 Å². The first kappa shape index (κ1) is 5.85. The largest absolute Gasteiger partial charge is 0.0961 e. The second kappa shape index (κ2) is 2.33. The van der Waals surface area contributed by atoms with Crippen LogP contribution in [0.2, 0.25) is 0 Å². The van der Waals surface area contributed by atoms with Crippen LogP contribution in [0.5, 0.6) is 0 Å². The summed E-state index contributed by atoms with van der Waals surface area (Å²) in [5, 5.41) is 0. The Kier molecular flexibility index (Phi) is 1.94. The molecule has 0 amide bonds. The summed E-state index contributed by atoms with van der Waals surface area (Å²) in [6.07, 6.45) is 4.05. The van der Waals surface area contributed by atoms with Crippen LogP contribution in [0.25, 0.3) is 0 Å². The summed E-state index contributed by atoms with van der Waals surface area (Å²) in [7, 11) is -0.0540. The van der Waals surface area contributed by atoms with Crippen molar-refractivity contribution in [2.75, 3.05) is 6.16 Å². The van der Waals surface area contributed by atoms with Crippen LogP contribution in [0.3, 0.4) is 0 Å². The maximum atomic E-state index is 5.93. The van der Waals surface area contributed by atoms with Crippen LogP contribution in [0.15, 0.2) is 0 Å². The lowest BCUT2D eigenvalue weighted by atomic mass is 10.3. The monoisotopic (exact) mass is 136 g/mol. The number of halogens is 1. The molecule has 0 spiro atoms. The summed E-state index contributed by atoms with van der Waals surface area (Å²) in [5.74, 6) is 0. The van der Waals surface area contributed by atoms with E-state index in [1.54, 1.807) is 0 Å². The molecule has 0 bridgehead atoms. The molecule has 42 valence electrons. The second-order valence-corrected chi connectivity index (χ2v) is 5.55. The summed E-state index contributed by atoms with van der Waals surface area (Å²) in [5.41, 5.74) is 0.844. The van der Waals surface area contributed by atoms with Gasteiger partial charge in [-0.05, 0) is 31.9 Å². The molecule has 0 nitrogen and oxygen atoms in total. The van der Waals surface area contributed by atoms with Crippen molar-refractivity contribution < 1.29 is 0 Å². The maximum absolute atomic E-state index is 5.93. The van der Waals surface area contributed by atoms with Crippen molar-refractivity contribution in [1.82, 2.24) is 0 Å². The minimum atomic E-state index is -0.0540. The SMILES string of the molecule is C[C@@H]1CCCP1Cl. The van der Waals surface area contributed by atoms with Crippen LogP contribution in [0, 0.1) is 0 Å². The highest BCUT2D eigenvalue weighted by atomic mass is 35.7. The van der Waals surface area contributed by atoms with E-state index in [0.717, 1.165) is 5.66 Å². The average molecular weight is 137 g/mol. The lowest BCUT2D eigenvalue weighted by Crippen LogP contribution is -1.84. The minimum absolute atomic E-state index is 0.0540. The highest BCUT2D eigenvalue weighted by Gasteiger charge is 2.19. The third kappa shape index (κ3) is 1.30. The zero-order valence-corrected chi connectivity index (χ0v) is 6.17. The van der Waals surface area contributed by atoms with Gasteiger partial charge >= 0.3 is 0 Å². The molecule has 0 radical (unpaired) electrons. The maximum Gasteiger partial charge on any atom is -0.00684 e. The van der Waals surface area contributed by atoms with Crippen LogP contribution in [0.4, 0.5) is 0 Å². The predicted octanol–water partition coefficient (Wildman–Crippen LogP) is 2.80. The van der Waals surface area contributed by atoms with Crippen molar-refractivity contribution in [3.8, 4) is 0 Å². The van der Waals surface area contributed by atoms with Crippen LogP contribution in [-0.4, -0.2) is 11.8 Å².